The van der Waals surface area contributed by atoms with Crippen LogP contribution in [0.2, 0.25) is 0 Å². The summed E-state index contributed by atoms with van der Waals surface area (Å²) in [6.45, 7) is 3.66. The molecule has 0 aliphatic rings. The minimum atomic E-state index is -0.0659. The molecule has 0 spiro atoms. The Bertz CT molecular complexity index is 1420. The van der Waals surface area contributed by atoms with Gasteiger partial charge in [-0.05, 0) is 54.2 Å². The van der Waals surface area contributed by atoms with Gasteiger partial charge in [-0.3, -0.25) is 9.59 Å². The number of ether oxygens (including phenoxy) is 2. The summed E-state index contributed by atoms with van der Waals surface area (Å²) in [4.78, 5) is 34.1. The summed E-state index contributed by atoms with van der Waals surface area (Å²) in [5, 5.41) is 1.16. The molecule has 4 aromatic rings. The van der Waals surface area contributed by atoms with E-state index >= 15 is 0 Å². The maximum Gasteiger partial charge on any atom is 0.242 e. The lowest BCUT2D eigenvalue weighted by atomic mass is 10.1. The highest BCUT2D eigenvalue weighted by Crippen LogP contribution is 2.28. The highest BCUT2D eigenvalue weighted by Gasteiger charge is 2.22. The molecule has 216 valence electrons. The number of aryl methyl sites for hydroxylation is 1. The Morgan fingerprint density at radius 2 is 1.54 bits per heavy atom. The summed E-state index contributed by atoms with van der Waals surface area (Å²) < 4.78 is 10.9. The van der Waals surface area contributed by atoms with Crippen LogP contribution in [0.15, 0.2) is 79.0 Å². The monoisotopic (exact) mass is 555 g/mol. The lowest BCUT2D eigenvalue weighted by Gasteiger charge is -2.28. The predicted molar refractivity (Wildman–Crippen MR) is 163 cm³/mol. The highest BCUT2D eigenvalue weighted by molar-refractivity contribution is 5.85. The van der Waals surface area contributed by atoms with E-state index in [4.69, 9.17) is 9.47 Å². The van der Waals surface area contributed by atoms with Crippen molar-refractivity contribution in [2.75, 3.05) is 33.9 Å². The number of aromatic nitrogens is 1. The third-order valence-electron chi connectivity index (χ3n) is 7.43. The van der Waals surface area contributed by atoms with E-state index in [0.29, 0.717) is 50.4 Å². The molecule has 7 nitrogen and oxygen atoms in total. The standard InChI is InChI=1S/C34H41N3O4/c1-4-5-20-36(33(38)18-16-26-11-7-6-8-12-26)25-34(39)37(24-27-15-17-31(40-2)32(22-27)41-3)21-19-28-23-35-30-14-10-9-13-29(28)30/h6-15,17,22-23,35H,4-5,16,18-21,24-25H2,1-3H3. The molecular weight excluding hydrogens is 514 g/mol. The van der Waals surface area contributed by atoms with Crippen molar-refractivity contribution in [3.05, 3.63) is 95.7 Å². The van der Waals surface area contributed by atoms with Gasteiger partial charge >= 0.3 is 0 Å². The fourth-order valence-corrected chi connectivity index (χ4v) is 5.04. The number of para-hydroxylation sites is 1. The first-order chi connectivity index (χ1) is 20.0. The van der Waals surface area contributed by atoms with E-state index in [2.05, 4.69) is 24.0 Å². The number of H-pyrrole nitrogens is 1. The largest absolute Gasteiger partial charge is 0.493 e. The fourth-order valence-electron chi connectivity index (χ4n) is 5.04. The molecule has 0 saturated heterocycles. The molecule has 7 heteroatoms. The van der Waals surface area contributed by atoms with E-state index in [1.54, 1.807) is 19.1 Å². The van der Waals surface area contributed by atoms with Crippen LogP contribution in [0.25, 0.3) is 10.9 Å². The van der Waals surface area contributed by atoms with Gasteiger partial charge in [0.1, 0.15) is 0 Å². The zero-order valence-electron chi connectivity index (χ0n) is 24.4. The molecule has 0 radical (unpaired) electrons. The van der Waals surface area contributed by atoms with Crippen LogP contribution in [0.1, 0.15) is 42.9 Å². The first-order valence-corrected chi connectivity index (χ1v) is 14.4. The van der Waals surface area contributed by atoms with Crippen molar-refractivity contribution >= 4 is 22.7 Å². The topological polar surface area (TPSA) is 74.9 Å². The minimum absolute atomic E-state index is 0.0124. The maximum atomic E-state index is 13.9. The van der Waals surface area contributed by atoms with Crippen molar-refractivity contribution in [1.82, 2.24) is 14.8 Å². The number of carbonyl (C=O) groups excluding carboxylic acids is 2. The van der Waals surface area contributed by atoms with Gasteiger partial charge in [-0.1, -0.05) is 67.9 Å². The van der Waals surface area contributed by atoms with Crippen molar-refractivity contribution in [2.45, 2.75) is 45.6 Å². The normalized spacial score (nSPS) is 10.9. The molecular formula is C34H41N3O4. The lowest BCUT2D eigenvalue weighted by Crippen LogP contribution is -2.43. The van der Waals surface area contributed by atoms with Crippen molar-refractivity contribution in [1.29, 1.82) is 0 Å². The van der Waals surface area contributed by atoms with Gasteiger partial charge in [-0.2, -0.15) is 0 Å². The number of nitrogens with zero attached hydrogens (tertiary/aromatic N) is 2. The Kier molecular flexibility index (Phi) is 10.8. The van der Waals surface area contributed by atoms with Crippen LogP contribution >= 0.6 is 0 Å². The number of carbonyl (C=O) groups is 2. The number of methoxy groups -OCH3 is 2. The van der Waals surface area contributed by atoms with E-state index < -0.39 is 0 Å². The molecule has 41 heavy (non-hydrogen) atoms. The second-order valence-corrected chi connectivity index (χ2v) is 10.3. The molecule has 0 aliphatic carbocycles. The van der Waals surface area contributed by atoms with Gasteiger partial charge in [0.05, 0.1) is 20.8 Å². The Morgan fingerprint density at radius 1 is 0.780 bits per heavy atom. The summed E-state index contributed by atoms with van der Waals surface area (Å²) >= 11 is 0. The number of hydrogen-bond donors (Lipinski definition) is 1. The Hall–Kier alpha value is -4.26. The number of benzene rings is 3. The summed E-state index contributed by atoms with van der Waals surface area (Å²) in [7, 11) is 3.21. The number of unbranched alkanes of at least 4 members (excludes halogenated alkanes) is 1. The van der Waals surface area contributed by atoms with Crippen LogP contribution in [-0.2, 0) is 29.0 Å². The molecule has 1 N–H and O–H groups in total. The second-order valence-electron chi connectivity index (χ2n) is 10.3. The molecule has 0 saturated carbocycles. The van der Waals surface area contributed by atoms with Gasteiger partial charge < -0.3 is 24.3 Å². The van der Waals surface area contributed by atoms with Crippen LogP contribution in [0.4, 0.5) is 0 Å². The first-order valence-electron chi connectivity index (χ1n) is 14.4. The van der Waals surface area contributed by atoms with E-state index in [0.717, 1.165) is 40.4 Å². The highest BCUT2D eigenvalue weighted by atomic mass is 16.5. The number of rotatable bonds is 15. The van der Waals surface area contributed by atoms with E-state index in [9.17, 15) is 9.59 Å². The molecule has 1 aromatic heterocycles. The third kappa shape index (κ3) is 8.13. The van der Waals surface area contributed by atoms with Crippen molar-refractivity contribution in [3.8, 4) is 11.5 Å². The fraction of sp³-hybridized carbons (Fsp3) is 0.353. The Balaban J connectivity index is 1.51. The summed E-state index contributed by atoms with van der Waals surface area (Å²) in [6, 6.07) is 23.9. The van der Waals surface area contributed by atoms with Crippen molar-refractivity contribution < 1.29 is 19.1 Å². The number of nitrogens with one attached hydrogen (secondary N) is 1. The Labute approximate surface area is 243 Å². The Morgan fingerprint density at radius 3 is 2.29 bits per heavy atom. The molecule has 0 atom stereocenters. The van der Waals surface area contributed by atoms with E-state index in [1.807, 2.05) is 71.8 Å². The maximum absolute atomic E-state index is 13.9. The molecule has 0 fully saturated rings. The SMILES string of the molecule is CCCCN(CC(=O)N(CCc1c[nH]c2ccccc12)Cc1ccc(OC)c(OC)c1)C(=O)CCc1ccccc1. The quantitative estimate of drug-likeness (QED) is 0.195. The number of fused-ring (bicyclic) bond motifs is 1. The zero-order chi connectivity index (χ0) is 29.0. The molecule has 0 bridgehead atoms. The van der Waals surface area contributed by atoms with Crippen LogP contribution in [-0.4, -0.2) is 60.5 Å². The van der Waals surface area contributed by atoms with Gasteiger partial charge in [0, 0.05) is 43.2 Å². The van der Waals surface area contributed by atoms with Crippen LogP contribution < -0.4 is 9.47 Å². The van der Waals surface area contributed by atoms with E-state index in [1.165, 1.54) is 0 Å². The van der Waals surface area contributed by atoms with Crippen molar-refractivity contribution in [3.63, 3.8) is 0 Å². The third-order valence-corrected chi connectivity index (χ3v) is 7.43. The zero-order valence-corrected chi connectivity index (χ0v) is 24.4. The lowest BCUT2D eigenvalue weighted by molar-refractivity contribution is -0.141. The van der Waals surface area contributed by atoms with Crippen molar-refractivity contribution in [2.24, 2.45) is 0 Å². The first kappa shape index (κ1) is 29.7. The number of aromatic amines is 1. The molecule has 1 heterocycles. The van der Waals surface area contributed by atoms with Gasteiger partial charge in [-0.25, -0.2) is 0 Å². The van der Waals surface area contributed by atoms with Crippen LogP contribution in [0.3, 0.4) is 0 Å². The average Bonchev–Trinajstić information content (AvgIpc) is 3.43. The second kappa shape index (κ2) is 14.9. The molecule has 4 rings (SSSR count). The summed E-state index contributed by atoms with van der Waals surface area (Å²) in [5.74, 6) is 1.21. The van der Waals surface area contributed by atoms with Crippen LogP contribution in [0.5, 0.6) is 11.5 Å². The minimum Gasteiger partial charge on any atom is -0.493 e. The summed E-state index contributed by atoms with van der Waals surface area (Å²) in [5.41, 5.74) is 4.30. The van der Waals surface area contributed by atoms with Crippen LogP contribution in [0, 0.1) is 0 Å². The molecule has 2 amide bonds. The molecule has 0 unspecified atom stereocenters. The van der Waals surface area contributed by atoms with Gasteiger partial charge in [0.15, 0.2) is 11.5 Å². The summed E-state index contributed by atoms with van der Waals surface area (Å²) in [6.07, 6.45) is 5.56. The van der Waals surface area contributed by atoms with E-state index in [-0.39, 0.29) is 18.4 Å². The number of amides is 2. The predicted octanol–water partition coefficient (Wildman–Crippen LogP) is 6.02. The average molecular weight is 556 g/mol. The molecule has 0 aliphatic heterocycles. The smallest absolute Gasteiger partial charge is 0.242 e. The van der Waals surface area contributed by atoms with Gasteiger partial charge in [0.2, 0.25) is 11.8 Å². The number of hydrogen-bond acceptors (Lipinski definition) is 4. The van der Waals surface area contributed by atoms with Gasteiger partial charge in [-0.15, -0.1) is 0 Å². The van der Waals surface area contributed by atoms with Gasteiger partial charge in [0.25, 0.3) is 0 Å². The molecule has 3 aromatic carbocycles.